The summed E-state index contributed by atoms with van der Waals surface area (Å²) in [5, 5.41) is 2.00. The van der Waals surface area contributed by atoms with Gasteiger partial charge in [-0.15, -0.1) is 11.3 Å². The van der Waals surface area contributed by atoms with E-state index in [0.717, 1.165) is 35.6 Å². The molecule has 6 nitrogen and oxygen atoms in total. The highest BCUT2D eigenvalue weighted by Crippen LogP contribution is 2.22. The topological polar surface area (TPSA) is 68.1 Å². The first-order chi connectivity index (χ1) is 15.6. The van der Waals surface area contributed by atoms with Gasteiger partial charge in [-0.25, -0.2) is 13.8 Å². The number of nitrogens with zero attached hydrogens (tertiary/aromatic N) is 4. The van der Waals surface area contributed by atoms with E-state index in [1.807, 2.05) is 10.3 Å². The summed E-state index contributed by atoms with van der Waals surface area (Å²) in [5.74, 6) is -0.0380. The van der Waals surface area contributed by atoms with Crippen LogP contribution in [0.15, 0.2) is 63.9 Å². The fourth-order valence-corrected chi connectivity index (χ4v) is 4.38. The lowest BCUT2D eigenvalue weighted by Gasteiger charge is -2.27. The Morgan fingerprint density at radius 2 is 1.66 bits per heavy atom. The van der Waals surface area contributed by atoms with Crippen molar-refractivity contribution in [3.05, 3.63) is 70.3 Å². The van der Waals surface area contributed by atoms with Gasteiger partial charge in [0.05, 0.1) is 24.6 Å². The van der Waals surface area contributed by atoms with Crippen LogP contribution in [0.4, 0.5) is 14.5 Å². The molecule has 3 aromatic rings. The zero-order valence-corrected chi connectivity index (χ0v) is 18.4. The van der Waals surface area contributed by atoms with Gasteiger partial charge in [-0.3, -0.25) is 4.99 Å². The van der Waals surface area contributed by atoms with E-state index >= 15 is 0 Å². The number of guanidine groups is 1. The maximum atomic E-state index is 13.4. The van der Waals surface area contributed by atoms with E-state index in [2.05, 4.69) is 9.56 Å². The van der Waals surface area contributed by atoms with Crippen molar-refractivity contribution < 1.29 is 13.5 Å². The van der Waals surface area contributed by atoms with Crippen LogP contribution in [-0.4, -0.2) is 48.3 Å². The van der Waals surface area contributed by atoms with Gasteiger partial charge in [-0.1, -0.05) is 0 Å². The number of rotatable bonds is 6. The molecule has 0 aliphatic carbocycles. The monoisotopic (exact) mass is 457 g/mol. The van der Waals surface area contributed by atoms with Gasteiger partial charge >= 0.3 is 0 Å². The lowest BCUT2D eigenvalue weighted by Crippen LogP contribution is -2.44. The van der Waals surface area contributed by atoms with Crippen molar-refractivity contribution in [2.45, 2.75) is 13.0 Å². The van der Waals surface area contributed by atoms with Crippen LogP contribution in [0.5, 0.6) is 0 Å². The van der Waals surface area contributed by atoms with Crippen molar-refractivity contribution in [2.24, 2.45) is 15.7 Å². The van der Waals surface area contributed by atoms with Crippen LogP contribution < -0.4 is 10.5 Å². The standard InChI is InChI=1S/C23H25F2N5OS/c24-18-4-2-17(3-5-18)21-16-32-23(28-20-8-6-19(25)7-9-20)30(21)11-1-10-27-22(26)29-12-14-31-15-13-29/h2-9,16H,1,10-15H2,(H2,26,27). The predicted octanol–water partition coefficient (Wildman–Crippen LogP) is 3.76. The number of thiazole rings is 1. The summed E-state index contributed by atoms with van der Waals surface area (Å²) in [4.78, 5) is 12.0. The molecule has 9 heteroatoms. The smallest absolute Gasteiger partial charge is 0.191 e. The fourth-order valence-electron chi connectivity index (χ4n) is 3.43. The van der Waals surface area contributed by atoms with Crippen molar-refractivity contribution in [1.29, 1.82) is 0 Å². The van der Waals surface area contributed by atoms with Crippen LogP contribution in [0, 0.1) is 11.6 Å². The first-order valence-corrected chi connectivity index (χ1v) is 11.4. The molecule has 0 unspecified atom stereocenters. The van der Waals surface area contributed by atoms with E-state index < -0.39 is 0 Å². The summed E-state index contributed by atoms with van der Waals surface area (Å²) in [5.41, 5.74) is 8.63. The molecule has 168 valence electrons. The molecule has 2 N–H and O–H groups in total. The Hall–Kier alpha value is -3.04. The summed E-state index contributed by atoms with van der Waals surface area (Å²) in [6.07, 6.45) is 0.757. The van der Waals surface area contributed by atoms with E-state index in [-0.39, 0.29) is 11.6 Å². The number of hydrogen-bond donors (Lipinski definition) is 1. The van der Waals surface area contributed by atoms with Crippen molar-refractivity contribution in [1.82, 2.24) is 9.47 Å². The number of ether oxygens (including phenoxy) is 1. The molecule has 1 aliphatic rings. The van der Waals surface area contributed by atoms with Crippen LogP contribution in [0.2, 0.25) is 0 Å². The highest BCUT2D eigenvalue weighted by molar-refractivity contribution is 7.07. The number of benzene rings is 2. The third-order valence-electron chi connectivity index (χ3n) is 5.14. The minimum absolute atomic E-state index is 0.278. The van der Waals surface area contributed by atoms with Crippen LogP contribution in [0.3, 0.4) is 0 Å². The minimum atomic E-state index is -0.300. The van der Waals surface area contributed by atoms with Gasteiger partial charge in [0.1, 0.15) is 11.6 Å². The summed E-state index contributed by atoms with van der Waals surface area (Å²) in [7, 11) is 0. The van der Waals surface area contributed by atoms with Gasteiger partial charge < -0.3 is 19.9 Å². The van der Waals surface area contributed by atoms with Crippen LogP contribution in [0.25, 0.3) is 11.3 Å². The minimum Gasteiger partial charge on any atom is -0.378 e. The molecule has 1 aliphatic heterocycles. The summed E-state index contributed by atoms with van der Waals surface area (Å²) in [6, 6.07) is 12.5. The first-order valence-electron chi connectivity index (χ1n) is 10.5. The van der Waals surface area contributed by atoms with E-state index in [1.165, 1.54) is 35.6 Å². The number of nitrogens with two attached hydrogens (primary N) is 1. The summed E-state index contributed by atoms with van der Waals surface area (Å²) >= 11 is 1.49. The molecule has 0 atom stereocenters. The lowest BCUT2D eigenvalue weighted by atomic mass is 10.1. The van der Waals surface area contributed by atoms with Gasteiger partial charge in [-0.05, 0) is 60.5 Å². The Labute approximate surface area is 189 Å². The molecule has 0 spiro atoms. The van der Waals surface area contributed by atoms with Crippen molar-refractivity contribution in [3.63, 3.8) is 0 Å². The van der Waals surface area contributed by atoms with Gasteiger partial charge in [-0.2, -0.15) is 0 Å². The van der Waals surface area contributed by atoms with E-state index in [1.54, 1.807) is 24.3 Å². The molecular weight excluding hydrogens is 432 g/mol. The SMILES string of the molecule is NC(=NCCCn1c(-c2ccc(F)cc2)csc1=Nc1ccc(F)cc1)N1CCOCC1. The second kappa shape index (κ2) is 10.5. The molecule has 0 amide bonds. The average molecular weight is 458 g/mol. The molecule has 2 aromatic carbocycles. The second-order valence-electron chi connectivity index (χ2n) is 7.34. The fraction of sp³-hybridized carbons (Fsp3) is 0.304. The Morgan fingerprint density at radius 3 is 2.34 bits per heavy atom. The van der Waals surface area contributed by atoms with Crippen LogP contribution in [0.1, 0.15) is 6.42 Å². The predicted molar refractivity (Wildman–Crippen MR) is 123 cm³/mol. The molecule has 0 saturated carbocycles. The number of morpholine rings is 1. The molecule has 0 bridgehead atoms. The normalized spacial score (nSPS) is 15.4. The maximum Gasteiger partial charge on any atom is 0.191 e. The van der Waals surface area contributed by atoms with Gasteiger partial charge in [0.2, 0.25) is 0 Å². The lowest BCUT2D eigenvalue weighted by molar-refractivity contribution is 0.0674. The van der Waals surface area contributed by atoms with E-state index in [4.69, 9.17) is 15.5 Å². The first kappa shape index (κ1) is 22.2. The third kappa shape index (κ3) is 5.60. The van der Waals surface area contributed by atoms with Crippen LogP contribution >= 0.6 is 11.3 Å². The molecule has 32 heavy (non-hydrogen) atoms. The number of aromatic nitrogens is 1. The van der Waals surface area contributed by atoms with Gasteiger partial charge in [0.25, 0.3) is 0 Å². The summed E-state index contributed by atoms with van der Waals surface area (Å²) in [6.45, 7) is 4.07. The van der Waals surface area contributed by atoms with Crippen molar-refractivity contribution >= 4 is 23.0 Å². The Balaban J connectivity index is 1.55. The molecular formula is C23H25F2N5OS. The largest absolute Gasteiger partial charge is 0.378 e. The van der Waals surface area contributed by atoms with Gasteiger partial charge in [0.15, 0.2) is 10.8 Å². The molecule has 1 saturated heterocycles. The molecule has 0 radical (unpaired) electrons. The zero-order valence-electron chi connectivity index (χ0n) is 17.6. The van der Waals surface area contributed by atoms with Crippen molar-refractivity contribution in [3.8, 4) is 11.3 Å². The second-order valence-corrected chi connectivity index (χ2v) is 8.18. The Morgan fingerprint density at radius 1 is 1.00 bits per heavy atom. The number of halogens is 2. The number of hydrogen-bond acceptors (Lipinski definition) is 4. The third-order valence-corrected chi connectivity index (χ3v) is 6.00. The average Bonchev–Trinajstić information content (AvgIpc) is 3.21. The Kier molecular flexibility index (Phi) is 7.28. The maximum absolute atomic E-state index is 13.4. The van der Waals surface area contributed by atoms with E-state index in [0.29, 0.717) is 38.0 Å². The summed E-state index contributed by atoms with van der Waals surface area (Å²) < 4.78 is 34.1. The molecule has 2 heterocycles. The van der Waals surface area contributed by atoms with Crippen molar-refractivity contribution in [2.75, 3.05) is 32.8 Å². The molecule has 1 aromatic heterocycles. The molecule has 4 rings (SSSR count). The van der Waals surface area contributed by atoms with Gasteiger partial charge in [0, 0.05) is 31.6 Å². The highest BCUT2D eigenvalue weighted by Gasteiger charge is 2.12. The van der Waals surface area contributed by atoms with Crippen LogP contribution in [-0.2, 0) is 11.3 Å². The quantitative estimate of drug-likeness (QED) is 0.348. The molecule has 1 fully saturated rings. The Bertz CT molecular complexity index is 1120. The zero-order chi connectivity index (χ0) is 22.3. The number of aliphatic imine (C=N–C) groups is 1. The highest BCUT2D eigenvalue weighted by atomic mass is 32.1. The van der Waals surface area contributed by atoms with E-state index in [9.17, 15) is 8.78 Å².